The number of hydrogen-bond acceptors (Lipinski definition) is 5. The monoisotopic (exact) mass is 636 g/mol. The van der Waals surface area contributed by atoms with E-state index in [4.69, 9.17) is 9.90 Å². The molecule has 0 bridgehead atoms. The number of aliphatic carboxylic acids is 2. The van der Waals surface area contributed by atoms with Gasteiger partial charge in [0, 0.05) is 19.0 Å². The fourth-order valence-corrected chi connectivity index (χ4v) is 4.57. The lowest BCUT2D eigenvalue weighted by molar-refractivity contribution is -0.192. The minimum atomic E-state index is -5.08. The lowest BCUT2D eigenvalue weighted by Crippen LogP contribution is -2.43. The summed E-state index contributed by atoms with van der Waals surface area (Å²) in [4.78, 5) is 56.8. The second kappa shape index (κ2) is 18.9. The highest BCUT2D eigenvalue weighted by Gasteiger charge is 2.38. The van der Waals surface area contributed by atoms with E-state index in [2.05, 4.69) is 21.3 Å². The number of benzene rings is 2. The van der Waals surface area contributed by atoms with E-state index in [9.17, 15) is 37.5 Å². The molecule has 11 nitrogen and oxygen atoms in total. The van der Waals surface area contributed by atoms with E-state index in [0.29, 0.717) is 24.9 Å². The van der Waals surface area contributed by atoms with Crippen LogP contribution in [0.1, 0.15) is 69.4 Å². The predicted molar refractivity (Wildman–Crippen MR) is 159 cm³/mol. The van der Waals surface area contributed by atoms with Crippen molar-refractivity contribution in [1.29, 1.82) is 0 Å². The third kappa shape index (κ3) is 15.1. The minimum absolute atomic E-state index is 0.163. The molecular formula is C31H39F3N4O7. The molecule has 0 spiro atoms. The van der Waals surface area contributed by atoms with Crippen molar-refractivity contribution in [2.24, 2.45) is 0 Å². The number of carboxylic acid groups (broad SMARTS) is 2. The number of hydrogen-bond donors (Lipinski definition) is 6. The largest absolute Gasteiger partial charge is 0.490 e. The van der Waals surface area contributed by atoms with Crippen molar-refractivity contribution in [3.05, 3.63) is 60.2 Å². The zero-order valence-corrected chi connectivity index (χ0v) is 24.7. The molecule has 45 heavy (non-hydrogen) atoms. The van der Waals surface area contributed by atoms with Crippen LogP contribution in [0.25, 0.3) is 11.1 Å². The average Bonchev–Trinajstić information content (AvgIpc) is 3.00. The first kappa shape index (κ1) is 36.6. The Hall–Kier alpha value is -4.62. The highest BCUT2D eigenvalue weighted by molar-refractivity contribution is 5.85. The van der Waals surface area contributed by atoms with Gasteiger partial charge in [0.05, 0.1) is 19.0 Å². The van der Waals surface area contributed by atoms with Gasteiger partial charge < -0.3 is 31.5 Å². The van der Waals surface area contributed by atoms with Crippen LogP contribution in [0.4, 0.5) is 18.0 Å². The van der Waals surface area contributed by atoms with E-state index in [1.165, 1.54) is 6.42 Å². The molecule has 1 aliphatic rings. The van der Waals surface area contributed by atoms with Crippen molar-refractivity contribution in [3.63, 3.8) is 0 Å². The third-order valence-corrected chi connectivity index (χ3v) is 6.88. The van der Waals surface area contributed by atoms with Gasteiger partial charge in [0.2, 0.25) is 11.8 Å². The fourth-order valence-electron chi connectivity index (χ4n) is 4.57. The Labute approximate surface area is 259 Å². The van der Waals surface area contributed by atoms with Gasteiger partial charge in [-0.15, -0.1) is 0 Å². The number of urea groups is 1. The van der Waals surface area contributed by atoms with Gasteiger partial charge in [-0.3, -0.25) is 14.4 Å². The summed E-state index contributed by atoms with van der Waals surface area (Å²) < 4.78 is 31.7. The Bertz CT molecular complexity index is 1250. The Morgan fingerprint density at radius 3 is 1.98 bits per heavy atom. The van der Waals surface area contributed by atoms with Crippen molar-refractivity contribution in [3.8, 4) is 11.1 Å². The maximum absolute atomic E-state index is 12.4. The highest BCUT2D eigenvalue weighted by atomic mass is 19.4. The van der Waals surface area contributed by atoms with Crippen LogP contribution in [0, 0.1) is 0 Å². The molecule has 0 saturated heterocycles. The maximum Gasteiger partial charge on any atom is 0.490 e. The average molecular weight is 637 g/mol. The molecule has 246 valence electrons. The molecule has 1 saturated carbocycles. The molecule has 14 heteroatoms. The summed E-state index contributed by atoms with van der Waals surface area (Å²) in [5.41, 5.74) is 2.70. The Morgan fingerprint density at radius 1 is 0.800 bits per heavy atom. The summed E-state index contributed by atoms with van der Waals surface area (Å²) in [6, 6.07) is 16.6. The molecule has 4 amide bonds. The molecule has 1 aliphatic carbocycles. The predicted octanol–water partition coefficient (Wildman–Crippen LogP) is 4.54. The molecule has 2 aromatic rings. The zero-order chi connectivity index (χ0) is 33.2. The van der Waals surface area contributed by atoms with Crippen LogP contribution >= 0.6 is 0 Å². The van der Waals surface area contributed by atoms with E-state index in [-0.39, 0.29) is 37.4 Å². The molecule has 0 aliphatic heterocycles. The van der Waals surface area contributed by atoms with Crippen LogP contribution in [-0.4, -0.2) is 65.3 Å². The molecule has 2 aromatic carbocycles. The second-order valence-electron chi connectivity index (χ2n) is 10.5. The molecule has 3 rings (SSSR count). The minimum Gasteiger partial charge on any atom is -0.481 e. The first-order valence-electron chi connectivity index (χ1n) is 14.6. The summed E-state index contributed by atoms with van der Waals surface area (Å²) in [6.45, 7) is 0.241. The number of carbonyl (C=O) groups is 5. The first-order valence-corrected chi connectivity index (χ1v) is 14.6. The Morgan fingerprint density at radius 2 is 1.40 bits per heavy atom. The van der Waals surface area contributed by atoms with Gasteiger partial charge in [-0.25, -0.2) is 9.59 Å². The maximum atomic E-state index is 12.4. The summed E-state index contributed by atoms with van der Waals surface area (Å²) in [6.07, 6.45) is 1.70. The van der Waals surface area contributed by atoms with Crippen LogP contribution in [0.3, 0.4) is 0 Å². The van der Waals surface area contributed by atoms with Crippen molar-refractivity contribution >= 4 is 29.8 Å². The van der Waals surface area contributed by atoms with Crippen molar-refractivity contribution < 1.29 is 47.4 Å². The number of unbranched alkanes of at least 4 members (excludes halogenated alkanes) is 1. The van der Waals surface area contributed by atoms with E-state index in [1.807, 2.05) is 42.5 Å². The highest BCUT2D eigenvalue weighted by Crippen LogP contribution is 2.23. The molecule has 0 heterocycles. The number of carbonyl (C=O) groups excluding carboxylic acids is 3. The summed E-state index contributed by atoms with van der Waals surface area (Å²) in [7, 11) is 0. The summed E-state index contributed by atoms with van der Waals surface area (Å²) in [5, 5.41) is 27.5. The summed E-state index contributed by atoms with van der Waals surface area (Å²) in [5.74, 6) is -4.52. The smallest absolute Gasteiger partial charge is 0.481 e. The molecular weight excluding hydrogens is 597 g/mol. The van der Waals surface area contributed by atoms with Gasteiger partial charge in [0.25, 0.3) is 0 Å². The standard InChI is InChI=1S/C29H38N4O5.C2HF3O2/c34-26(13-7-8-18-30-29(38)32-24-11-5-2-6-12-24)31-20-27(35)33-25(19-28(36)37)23-16-14-22(15-17-23)21-9-3-1-4-10-21;3-2(4,5)1(6)7/h1,3-4,9-10,14-17,24-25H,2,5-8,11-13,18-20H2,(H,31,34)(H,33,35)(H,36,37)(H2,30,32,38);(H,6,7). The van der Waals surface area contributed by atoms with Gasteiger partial charge in [-0.05, 0) is 42.4 Å². The Balaban J connectivity index is 0.000000900. The van der Waals surface area contributed by atoms with Crippen LogP contribution < -0.4 is 21.3 Å². The number of amides is 4. The third-order valence-electron chi connectivity index (χ3n) is 6.88. The number of carboxylic acids is 2. The lowest BCUT2D eigenvalue weighted by atomic mass is 9.96. The van der Waals surface area contributed by atoms with Crippen LogP contribution in [0.15, 0.2) is 54.6 Å². The van der Waals surface area contributed by atoms with Crippen LogP contribution in [0.5, 0.6) is 0 Å². The number of rotatable bonds is 13. The fraction of sp³-hybridized carbons (Fsp3) is 0.452. The van der Waals surface area contributed by atoms with Gasteiger partial charge in [-0.1, -0.05) is 73.9 Å². The van der Waals surface area contributed by atoms with Gasteiger partial charge >= 0.3 is 24.1 Å². The van der Waals surface area contributed by atoms with E-state index >= 15 is 0 Å². The Kier molecular flexibility index (Phi) is 15.4. The molecule has 0 aromatic heterocycles. The molecule has 0 radical (unpaired) electrons. The van der Waals surface area contributed by atoms with Crippen molar-refractivity contribution in [2.75, 3.05) is 13.1 Å². The van der Waals surface area contributed by atoms with Crippen molar-refractivity contribution in [2.45, 2.75) is 76.0 Å². The molecule has 1 fully saturated rings. The van der Waals surface area contributed by atoms with Crippen LogP contribution in [0.2, 0.25) is 0 Å². The van der Waals surface area contributed by atoms with Gasteiger partial charge in [-0.2, -0.15) is 13.2 Å². The number of nitrogens with one attached hydrogen (secondary N) is 4. The SMILES string of the molecule is O=C(O)C(F)(F)F.O=C(O)CC(NC(=O)CNC(=O)CCCCNC(=O)NC1CCCCC1)c1ccc(-c2ccccc2)cc1. The van der Waals surface area contributed by atoms with Crippen LogP contribution in [-0.2, 0) is 19.2 Å². The van der Waals surface area contributed by atoms with Gasteiger partial charge in [0.1, 0.15) is 0 Å². The van der Waals surface area contributed by atoms with E-state index in [0.717, 1.165) is 36.8 Å². The quantitative estimate of drug-likeness (QED) is 0.175. The molecule has 1 unspecified atom stereocenters. The molecule has 1 atom stereocenters. The van der Waals surface area contributed by atoms with E-state index in [1.54, 1.807) is 12.1 Å². The first-order chi connectivity index (χ1) is 21.3. The summed E-state index contributed by atoms with van der Waals surface area (Å²) >= 11 is 0. The normalized spacial score (nSPS) is 13.8. The number of halogens is 3. The van der Waals surface area contributed by atoms with E-state index < -0.39 is 30.1 Å². The van der Waals surface area contributed by atoms with Crippen molar-refractivity contribution in [1.82, 2.24) is 21.3 Å². The lowest BCUT2D eigenvalue weighted by Gasteiger charge is -2.22. The topological polar surface area (TPSA) is 174 Å². The number of alkyl halides is 3. The van der Waals surface area contributed by atoms with Gasteiger partial charge in [0.15, 0.2) is 0 Å². The zero-order valence-electron chi connectivity index (χ0n) is 24.7. The second-order valence-corrected chi connectivity index (χ2v) is 10.5. The molecule has 6 N–H and O–H groups in total.